The molecule has 21 heavy (non-hydrogen) atoms. The minimum atomic E-state index is -3.10. The van der Waals surface area contributed by atoms with Crippen molar-refractivity contribution in [1.29, 1.82) is 0 Å². The van der Waals surface area contributed by atoms with Crippen LogP contribution in [0.1, 0.15) is 25.6 Å². The number of nitrogens with zero attached hydrogens (tertiary/aromatic N) is 1. The van der Waals surface area contributed by atoms with Gasteiger partial charge in [0.05, 0.1) is 11.8 Å². The molecule has 1 fully saturated rings. The second-order valence-corrected chi connectivity index (χ2v) is 8.12. The van der Waals surface area contributed by atoms with Crippen molar-refractivity contribution in [1.82, 2.24) is 10.2 Å². The van der Waals surface area contributed by atoms with Gasteiger partial charge in [-0.15, -0.1) is 0 Å². The highest BCUT2D eigenvalue weighted by molar-refractivity contribution is 7.90. The SMILES string of the molecule is CC(C)C1NC(c2ccccc2)N(CCS(C)(=O)=O)C1=O. The lowest BCUT2D eigenvalue weighted by atomic mass is 10.1. The average Bonchev–Trinajstić information content (AvgIpc) is 2.74. The van der Waals surface area contributed by atoms with Crippen LogP contribution in [0.25, 0.3) is 0 Å². The predicted octanol–water partition coefficient (Wildman–Crippen LogP) is 1.19. The molecule has 2 unspecified atom stereocenters. The molecular formula is C15H22N2O3S. The number of carbonyl (C=O) groups excluding carboxylic acids is 1. The van der Waals surface area contributed by atoms with Crippen LogP contribution in [-0.4, -0.2) is 43.8 Å². The summed E-state index contributed by atoms with van der Waals surface area (Å²) in [5.74, 6) is 0.114. The number of rotatable bonds is 5. The first-order valence-electron chi connectivity index (χ1n) is 7.09. The van der Waals surface area contributed by atoms with Crippen molar-refractivity contribution in [3.05, 3.63) is 35.9 Å². The molecule has 1 saturated heterocycles. The maximum atomic E-state index is 12.5. The van der Waals surface area contributed by atoms with Crippen LogP contribution in [-0.2, 0) is 14.6 Å². The van der Waals surface area contributed by atoms with E-state index in [9.17, 15) is 13.2 Å². The first-order valence-corrected chi connectivity index (χ1v) is 9.15. The monoisotopic (exact) mass is 310 g/mol. The molecule has 2 rings (SSSR count). The summed E-state index contributed by atoms with van der Waals surface area (Å²) in [5.41, 5.74) is 0.975. The highest BCUT2D eigenvalue weighted by Gasteiger charge is 2.40. The van der Waals surface area contributed by atoms with Crippen molar-refractivity contribution in [2.75, 3.05) is 18.6 Å². The normalized spacial score (nSPS) is 23.0. The molecule has 1 aromatic carbocycles. The second-order valence-electron chi connectivity index (χ2n) is 5.86. The van der Waals surface area contributed by atoms with E-state index in [-0.39, 0.29) is 36.3 Å². The highest BCUT2D eigenvalue weighted by Crippen LogP contribution is 2.27. The Bertz CT molecular complexity index is 599. The van der Waals surface area contributed by atoms with Crippen LogP contribution in [0.15, 0.2) is 30.3 Å². The maximum absolute atomic E-state index is 12.5. The lowest BCUT2D eigenvalue weighted by molar-refractivity contribution is -0.130. The van der Waals surface area contributed by atoms with Gasteiger partial charge in [0, 0.05) is 12.8 Å². The fourth-order valence-corrected chi connectivity index (χ4v) is 3.06. The minimum absolute atomic E-state index is 0.0193. The van der Waals surface area contributed by atoms with Gasteiger partial charge in [0.15, 0.2) is 0 Å². The number of amides is 1. The first kappa shape index (κ1) is 16.0. The van der Waals surface area contributed by atoms with Crippen LogP contribution in [0.2, 0.25) is 0 Å². The summed E-state index contributed by atoms with van der Waals surface area (Å²) in [6.07, 6.45) is 0.936. The molecule has 0 radical (unpaired) electrons. The molecule has 0 bridgehead atoms. The minimum Gasteiger partial charge on any atom is -0.321 e. The lowest BCUT2D eigenvalue weighted by Gasteiger charge is -2.24. The maximum Gasteiger partial charge on any atom is 0.241 e. The molecule has 2 atom stereocenters. The Hall–Kier alpha value is -1.40. The van der Waals surface area contributed by atoms with Gasteiger partial charge in [-0.2, -0.15) is 0 Å². The van der Waals surface area contributed by atoms with Crippen LogP contribution in [0.3, 0.4) is 0 Å². The molecular weight excluding hydrogens is 288 g/mol. The smallest absolute Gasteiger partial charge is 0.241 e. The van der Waals surface area contributed by atoms with Crippen LogP contribution < -0.4 is 5.32 Å². The number of hydrogen-bond donors (Lipinski definition) is 1. The lowest BCUT2D eigenvalue weighted by Crippen LogP contribution is -2.36. The van der Waals surface area contributed by atoms with Gasteiger partial charge >= 0.3 is 0 Å². The summed E-state index contributed by atoms with van der Waals surface area (Å²) in [7, 11) is -3.10. The van der Waals surface area contributed by atoms with Crippen molar-refractivity contribution < 1.29 is 13.2 Å². The van der Waals surface area contributed by atoms with E-state index in [0.717, 1.165) is 5.56 Å². The van der Waals surface area contributed by atoms with Crippen LogP contribution in [0.4, 0.5) is 0 Å². The predicted molar refractivity (Wildman–Crippen MR) is 82.4 cm³/mol. The van der Waals surface area contributed by atoms with Crippen molar-refractivity contribution in [2.45, 2.75) is 26.1 Å². The summed E-state index contributed by atoms with van der Waals surface area (Å²) < 4.78 is 22.8. The van der Waals surface area contributed by atoms with Crippen molar-refractivity contribution in [3.8, 4) is 0 Å². The summed E-state index contributed by atoms with van der Waals surface area (Å²) in [5, 5.41) is 3.32. The molecule has 1 aliphatic rings. The van der Waals surface area contributed by atoms with E-state index >= 15 is 0 Å². The van der Waals surface area contributed by atoms with E-state index in [1.807, 2.05) is 44.2 Å². The van der Waals surface area contributed by atoms with Gasteiger partial charge in [0.2, 0.25) is 5.91 Å². The van der Waals surface area contributed by atoms with Gasteiger partial charge in [-0.05, 0) is 11.5 Å². The molecule has 1 N–H and O–H groups in total. The Balaban J connectivity index is 2.25. The third-order valence-corrected chi connectivity index (χ3v) is 4.61. The number of benzene rings is 1. The van der Waals surface area contributed by atoms with E-state index in [4.69, 9.17) is 0 Å². The fourth-order valence-electron chi connectivity index (χ4n) is 2.53. The molecule has 1 aliphatic heterocycles. The zero-order chi connectivity index (χ0) is 15.6. The molecule has 6 heteroatoms. The van der Waals surface area contributed by atoms with Crippen LogP contribution in [0.5, 0.6) is 0 Å². The molecule has 0 spiro atoms. The molecule has 1 amide bonds. The molecule has 1 aromatic rings. The third-order valence-electron chi connectivity index (χ3n) is 3.68. The summed E-state index contributed by atoms with van der Waals surface area (Å²) in [6.45, 7) is 4.18. The standard InChI is InChI=1S/C15H22N2O3S/c1-11(2)13-15(18)17(9-10-21(3,19)20)14(16-13)12-7-5-4-6-8-12/h4-8,11,13-14,16H,9-10H2,1-3H3. The quantitative estimate of drug-likeness (QED) is 0.887. The largest absolute Gasteiger partial charge is 0.321 e. The van der Waals surface area contributed by atoms with E-state index < -0.39 is 9.84 Å². The van der Waals surface area contributed by atoms with E-state index in [0.29, 0.717) is 0 Å². The van der Waals surface area contributed by atoms with Gasteiger partial charge in [0.1, 0.15) is 16.0 Å². The van der Waals surface area contributed by atoms with Crippen LogP contribution >= 0.6 is 0 Å². The molecule has 1 heterocycles. The van der Waals surface area contributed by atoms with Gasteiger partial charge in [-0.25, -0.2) is 8.42 Å². The Morgan fingerprint density at radius 1 is 1.24 bits per heavy atom. The zero-order valence-electron chi connectivity index (χ0n) is 12.6. The van der Waals surface area contributed by atoms with E-state index in [2.05, 4.69) is 5.32 Å². The Morgan fingerprint density at radius 2 is 1.86 bits per heavy atom. The van der Waals surface area contributed by atoms with Crippen LogP contribution in [0, 0.1) is 5.92 Å². The number of sulfone groups is 1. The molecule has 0 saturated carbocycles. The summed E-state index contributed by atoms with van der Waals surface area (Å²) in [6, 6.07) is 9.37. The van der Waals surface area contributed by atoms with E-state index in [1.165, 1.54) is 6.26 Å². The molecule has 5 nitrogen and oxygen atoms in total. The van der Waals surface area contributed by atoms with Crippen molar-refractivity contribution >= 4 is 15.7 Å². The molecule has 0 aliphatic carbocycles. The molecule has 116 valence electrons. The summed E-state index contributed by atoms with van der Waals surface area (Å²) >= 11 is 0. The highest BCUT2D eigenvalue weighted by atomic mass is 32.2. The fraction of sp³-hybridized carbons (Fsp3) is 0.533. The number of hydrogen-bond acceptors (Lipinski definition) is 4. The van der Waals surface area contributed by atoms with Gasteiger partial charge in [0.25, 0.3) is 0 Å². The third kappa shape index (κ3) is 3.83. The van der Waals surface area contributed by atoms with E-state index in [1.54, 1.807) is 4.90 Å². The Morgan fingerprint density at radius 3 is 2.38 bits per heavy atom. The average molecular weight is 310 g/mol. The zero-order valence-corrected chi connectivity index (χ0v) is 13.4. The van der Waals surface area contributed by atoms with Gasteiger partial charge in [-0.3, -0.25) is 10.1 Å². The topological polar surface area (TPSA) is 66.5 Å². The molecule has 0 aromatic heterocycles. The van der Waals surface area contributed by atoms with Crippen molar-refractivity contribution in [3.63, 3.8) is 0 Å². The number of carbonyl (C=O) groups is 1. The van der Waals surface area contributed by atoms with Gasteiger partial charge < -0.3 is 4.90 Å². The van der Waals surface area contributed by atoms with Crippen molar-refractivity contribution in [2.24, 2.45) is 5.92 Å². The number of nitrogens with one attached hydrogen (secondary N) is 1. The second kappa shape index (κ2) is 6.15. The first-order chi connectivity index (χ1) is 9.79. The summed E-state index contributed by atoms with van der Waals surface area (Å²) in [4.78, 5) is 14.2. The Labute approximate surface area is 126 Å². The van der Waals surface area contributed by atoms with Gasteiger partial charge in [-0.1, -0.05) is 44.2 Å². The Kier molecular flexibility index (Phi) is 4.68.